The number of esters is 1. The fraction of sp³-hybridized carbons (Fsp3) is 0.111. The van der Waals surface area contributed by atoms with Crippen LogP contribution in [0.2, 0.25) is 10.0 Å². The van der Waals surface area contributed by atoms with Crippen LogP contribution < -0.4 is 5.32 Å². The van der Waals surface area contributed by atoms with Crippen LogP contribution in [-0.2, 0) is 4.74 Å². The molecule has 0 saturated carbocycles. The van der Waals surface area contributed by atoms with Gasteiger partial charge in [-0.2, -0.15) is 0 Å². The van der Waals surface area contributed by atoms with Gasteiger partial charge < -0.3 is 10.1 Å². The monoisotopic (exact) mass is 456 g/mol. The normalized spacial score (nSPS) is 10.8. The third kappa shape index (κ3) is 3.49. The van der Waals surface area contributed by atoms with Gasteiger partial charge in [0.2, 0.25) is 0 Å². The van der Waals surface area contributed by atoms with Crippen molar-refractivity contribution < 1.29 is 13.9 Å². The van der Waals surface area contributed by atoms with E-state index < -0.39 is 11.8 Å². The molecular weight excluding hydrogens is 446 g/mol. The molecular formula is C18H12BrCl2FN2O2. The molecule has 0 bridgehead atoms. The molecule has 2 aromatic carbocycles. The molecule has 1 N–H and O–H groups in total. The van der Waals surface area contributed by atoms with Gasteiger partial charge in [0.25, 0.3) is 0 Å². The number of anilines is 2. The van der Waals surface area contributed by atoms with Crippen LogP contribution in [-0.4, -0.2) is 17.6 Å². The van der Waals surface area contributed by atoms with E-state index in [1.165, 1.54) is 6.20 Å². The summed E-state index contributed by atoms with van der Waals surface area (Å²) < 4.78 is 20.1. The zero-order valence-electron chi connectivity index (χ0n) is 13.4. The highest BCUT2D eigenvalue weighted by molar-refractivity contribution is 9.10. The molecule has 0 aliphatic rings. The highest BCUT2D eigenvalue weighted by Crippen LogP contribution is 2.37. The Labute approximate surface area is 167 Å². The van der Waals surface area contributed by atoms with E-state index >= 15 is 0 Å². The van der Waals surface area contributed by atoms with Crippen LogP contribution >= 0.6 is 39.1 Å². The predicted molar refractivity (Wildman–Crippen MR) is 105 cm³/mol. The molecule has 0 amide bonds. The van der Waals surface area contributed by atoms with Gasteiger partial charge in [-0.05, 0) is 47.1 Å². The zero-order valence-corrected chi connectivity index (χ0v) is 16.5. The summed E-state index contributed by atoms with van der Waals surface area (Å²) >= 11 is 15.4. The summed E-state index contributed by atoms with van der Waals surface area (Å²) in [4.78, 5) is 16.5. The lowest BCUT2D eigenvalue weighted by Crippen LogP contribution is -2.10. The summed E-state index contributed by atoms with van der Waals surface area (Å²) in [6.07, 6.45) is 1.34. The number of rotatable bonds is 4. The molecule has 0 radical (unpaired) electrons. The molecule has 3 aromatic rings. The molecule has 0 unspecified atom stereocenters. The number of nitrogens with zero attached hydrogens (tertiary/aromatic N) is 1. The molecule has 0 atom stereocenters. The number of aromatic nitrogens is 1. The van der Waals surface area contributed by atoms with E-state index in [1.54, 1.807) is 37.3 Å². The third-order valence-electron chi connectivity index (χ3n) is 3.63. The summed E-state index contributed by atoms with van der Waals surface area (Å²) in [5.74, 6) is -1.18. The summed E-state index contributed by atoms with van der Waals surface area (Å²) in [5.41, 5.74) is 1.10. The molecule has 0 aliphatic carbocycles. The molecule has 3 rings (SSSR count). The number of hydrogen-bond acceptors (Lipinski definition) is 4. The van der Waals surface area contributed by atoms with Crippen molar-refractivity contribution in [2.24, 2.45) is 0 Å². The summed E-state index contributed by atoms with van der Waals surface area (Å²) in [7, 11) is 0. The van der Waals surface area contributed by atoms with Crippen LogP contribution in [0, 0.1) is 5.82 Å². The number of ether oxygens (including phenoxy) is 1. The van der Waals surface area contributed by atoms with Crippen molar-refractivity contribution in [2.75, 3.05) is 11.9 Å². The minimum absolute atomic E-state index is 0.0902. The van der Waals surface area contributed by atoms with Crippen molar-refractivity contribution >= 4 is 67.4 Å². The van der Waals surface area contributed by atoms with Gasteiger partial charge in [-0.15, -0.1) is 0 Å². The van der Waals surface area contributed by atoms with Crippen LogP contribution in [0.4, 0.5) is 15.8 Å². The zero-order chi connectivity index (χ0) is 18.8. The number of benzene rings is 2. The highest BCUT2D eigenvalue weighted by Gasteiger charge is 2.21. The van der Waals surface area contributed by atoms with Crippen LogP contribution in [0.25, 0.3) is 10.9 Å². The molecule has 0 saturated heterocycles. The summed E-state index contributed by atoms with van der Waals surface area (Å²) in [6.45, 7) is 1.86. The average molecular weight is 458 g/mol. The number of carbonyl (C=O) groups is 1. The lowest BCUT2D eigenvalue weighted by molar-refractivity contribution is 0.0527. The Morgan fingerprint density at radius 1 is 1.31 bits per heavy atom. The number of nitrogens with one attached hydrogen (secondary N) is 1. The Morgan fingerprint density at radius 3 is 2.81 bits per heavy atom. The molecule has 0 aliphatic heterocycles. The number of hydrogen-bond donors (Lipinski definition) is 1. The summed E-state index contributed by atoms with van der Waals surface area (Å²) in [6, 6.07) is 8.18. The van der Waals surface area contributed by atoms with E-state index in [4.69, 9.17) is 27.9 Å². The maximum atomic E-state index is 14.8. The quantitative estimate of drug-likeness (QED) is 0.463. The maximum absolute atomic E-state index is 14.8. The Hall–Kier alpha value is -1.89. The fourth-order valence-corrected chi connectivity index (χ4v) is 3.13. The van der Waals surface area contributed by atoms with Gasteiger partial charge in [-0.3, -0.25) is 4.98 Å². The van der Waals surface area contributed by atoms with Crippen LogP contribution in [0.15, 0.2) is 41.0 Å². The van der Waals surface area contributed by atoms with E-state index in [0.29, 0.717) is 16.2 Å². The highest BCUT2D eigenvalue weighted by atomic mass is 79.9. The van der Waals surface area contributed by atoms with Gasteiger partial charge in [0.15, 0.2) is 0 Å². The van der Waals surface area contributed by atoms with Gasteiger partial charge in [0.1, 0.15) is 11.4 Å². The molecule has 8 heteroatoms. The first-order valence-corrected chi connectivity index (χ1v) is 9.13. The molecule has 26 heavy (non-hydrogen) atoms. The van der Waals surface area contributed by atoms with Crippen LogP contribution in [0.1, 0.15) is 17.3 Å². The van der Waals surface area contributed by atoms with Gasteiger partial charge in [0.05, 0.1) is 43.4 Å². The second kappa shape index (κ2) is 7.78. The summed E-state index contributed by atoms with van der Waals surface area (Å²) in [5, 5.41) is 3.74. The van der Waals surface area contributed by atoms with Gasteiger partial charge in [-0.25, -0.2) is 9.18 Å². The lowest BCUT2D eigenvalue weighted by Gasteiger charge is -2.16. The van der Waals surface area contributed by atoms with Crippen molar-refractivity contribution in [2.45, 2.75) is 6.92 Å². The maximum Gasteiger partial charge on any atom is 0.341 e. The minimum atomic E-state index is -0.623. The SMILES string of the molecule is CCOC(=O)c1cnc2ccc(Br)c(F)c2c1Nc1cccc(Cl)c1Cl. The number of pyridine rings is 1. The van der Waals surface area contributed by atoms with Crippen molar-refractivity contribution in [3.63, 3.8) is 0 Å². The Bertz CT molecular complexity index is 1010. The van der Waals surface area contributed by atoms with E-state index in [0.717, 1.165) is 0 Å². The standard InChI is InChI=1S/C18H12BrCl2FN2O2/c1-2-26-18(25)9-8-23-12-7-6-10(19)16(22)14(12)17(9)24-13-5-3-4-11(20)15(13)21/h3-8H,2H2,1H3,(H,23,24). The van der Waals surface area contributed by atoms with Crippen molar-refractivity contribution in [3.8, 4) is 0 Å². The molecule has 0 fully saturated rings. The molecule has 0 spiro atoms. The molecule has 1 aromatic heterocycles. The van der Waals surface area contributed by atoms with Gasteiger partial charge >= 0.3 is 5.97 Å². The first-order chi connectivity index (χ1) is 12.4. The fourth-order valence-electron chi connectivity index (χ4n) is 2.45. The topological polar surface area (TPSA) is 51.2 Å². The van der Waals surface area contributed by atoms with Gasteiger partial charge in [0, 0.05) is 6.20 Å². The second-order valence-corrected chi connectivity index (χ2v) is 6.89. The molecule has 4 nitrogen and oxygen atoms in total. The first-order valence-electron chi connectivity index (χ1n) is 7.59. The number of fused-ring (bicyclic) bond motifs is 1. The Balaban J connectivity index is 2.28. The Kier molecular flexibility index (Phi) is 5.65. The van der Waals surface area contributed by atoms with Crippen molar-refractivity contribution in [1.29, 1.82) is 0 Å². The van der Waals surface area contributed by atoms with Crippen LogP contribution in [0.5, 0.6) is 0 Å². The van der Waals surface area contributed by atoms with Crippen molar-refractivity contribution in [1.82, 2.24) is 4.98 Å². The molecule has 1 heterocycles. The smallest absolute Gasteiger partial charge is 0.341 e. The lowest BCUT2D eigenvalue weighted by atomic mass is 10.1. The van der Waals surface area contributed by atoms with E-state index in [2.05, 4.69) is 26.2 Å². The average Bonchev–Trinajstić information content (AvgIpc) is 2.62. The van der Waals surface area contributed by atoms with E-state index in [9.17, 15) is 9.18 Å². The Morgan fingerprint density at radius 2 is 2.08 bits per heavy atom. The third-order valence-corrected chi connectivity index (χ3v) is 5.06. The number of halogens is 4. The first kappa shape index (κ1) is 18.9. The number of carbonyl (C=O) groups excluding carboxylic acids is 1. The van der Waals surface area contributed by atoms with E-state index in [1.807, 2.05) is 0 Å². The van der Waals surface area contributed by atoms with Crippen molar-refractivity contribution in [3.05, 3.63) is 62.4 Å². The minimum Gasteiger partial charge on any atom is -0.462 e. The largest absolute Gasteiger partial charge is 0.462 e. The predicted octanol–water partition coefficient (Wildman–Crippen LogP) is 6.36. The molecule has 134 valence electrons. The van der Waals surface area contributed by atoms with Gasteiger partial charge in [-0.1, -0.05) is 29.3 Å². The second-order valence-electron chi connectivity index (χ2n) is 5.25. The van der Waals surface area contributed by atoms with Crippen LogP contribution in [0.3, 0.4) is 0 Å². The van der Waals surface area contributed by atoms with E-state index in [-0.39, 0.29) is 32.7 Å².